The highest BCUT2D eigenvalue weighted by Crippen LogP contribution is 2.07. The van der Waals surface area contributed by atoms with E-state index < -0.39 is 5.97 Å². The summed E-state index contributed by atoms with van der Waals surface area (Å²) in [4.78, 5) is 21.8. The molecule has 1 aromatic heterocycles. The second-order valence-corrected chi connectivity index (χ2v) is 4.23. The van der Waals surface area contributed by atoms with Crippen molar-refractivity contribution in [2.75, 3.05) is 5.32 Å². The van der Waals surface area contributed by atoms with E-state index >= 15 is 0 Å². The molecule has 0 fully saturated rings. The molecule has 0 radical (unpaired) electrons. The predicted molar refractivity (Wildman–Crippen MR) is 67.2 cm³/mol. The van der Waals surface area contributed by atoms with Crippen LogP contribution in [0.25, 0.3) is 0 Å². The summed E-state index contributed by atoms with van der Waals surface area (Å²) in [7, 11) is 1.79. The van der Waals surface area contributed by atoms with E-state index in [9.17, 15) is 9.59 Å². The number of hydrogen-bond acceptors (Lipinski definition) is 3. The number of nitrogens with one attached hydrogen (secondary N) is 1. The lowest BCUT2D eigenvalue weighted by Crippen LogP contribution is -2.11. The van der Waals surface area contributed by atoms with Crippen LogP contribution < -0.4 is 5.32 Å². The summed E-state index contributed by atoms with van der Waals surface area (Å²) in [6.07, 6.45) is 5.60. The molecular weight excluding hydrogens is 234 g/mol. The molecule has 0 unspecified atom stereocenters. The van der Waals surface area contributed by atoms with Crippen molar-refractivity contribution in [3.8, 4) is 0 Å². The molecule has 0 spiro atoms. The molecule has 0 aromatic carbocycles. The van der Waals surface area contributed by atoms with E-state index in [-0.39, 0.29) is 12.3 Å². The van der Waals surface area contributed by atoms with Gasteiger partial charge in [-0.15, -0.1) is 0 Å². The Morgan fingerprint density at radius 2 is 1.94 bits per heavy atom. The fourth-order valence-electron chi connectivity index (χ4n) is 1.60. The van der Waals surface area contributed by atoms with Crippen LogP contribution in [0.2, 0.25) is 0 Å². The van der Waals surface area contributed by atoms with E-state index in [0.717, 1.165) is 19.3 Å². The van der Waals surface area contributed by atoms with Gasteiger partial charge in [0.05, 0.1) is 0 Å². The maximum absolute atomic E-state index is 11.5. The highest BCUT2D eigenvalue weighted by molar-refractivity contribution is 5.89. The topological polar surface area (TPSA) is 84.2 Å². The van der Waals surface area contributed by atoms with Crippen LogP contribution in [0.3, 0.4) is 0 Å². The standard InChI is InChI=1S/C12H19N3O3/c1-15-9-8-10(14-15)13-11(16)6-4-2-3-5-7-12(17)18/h8-9H,2-7H2,1H3,(H,17,18)(H,13,14,16). The number of carbonyl (C=O) groups excluding carboxylic acids is 1. The van der Waals surface area contributed by atoms with Crippen molar-refractivity contribution < 1.29 is 14.7 Å². The van der Waals surface area contributed by atoms with Crippen LogP contribution in [0, 0.1) is 0 Å². The SMILES string of the molecule is Cn1ccc(NC(=O)CCCCCCC(=O)O)n1. The van der Waals surface area contributed by atoms with Crippen molar-refractivity contribution in [3.05, 3.63) is 12.3 Å². The Kier molecular flexibility index (Phi) is 5.90. The van der Waals surface area contributed by atoms with Gasteiger partial charge in [-0.1, -0.05) is 12.8 Å². The zero-order chi connectivity index (χ0) is 13.4. The number of aryl methyl sites for hydroxylation is 1. The van der Waals surface area contributed by atoms with Gasteiger partial charge in [0, 0.05) is 32.2 Å². The Hall–Kier alpha value is -1.85. The van der Waals surface area contributed by atoms with Crippen molar-refractivity contribution in [2.45, 2.75) is 38.5 Å². The van der Waals surface area contributed by atoms with Gasteiger partial charge in [-0.05, 0) is 12.8 Å². The molecule has 0 aliphatic rings. The second-order valence-electron chi connectivity index (χ2n) is 4.23. The molecule has 2 N–H and O–H groups in total. The fourth-order valence-corrected chi connectivity index (χ4v) is 1.60. The van der Waals surface area contributed by atoms with Crippen molar-refractivity contribution in [3.63, 3.8) is 0 Å². The number of hydrogen-bond donors (Lipinski definition) is 2. The number of aliphatic carboxylic acids is 1. The zero-order valence-electron chi connectivity index (χ0n) is 10.6. The molecule has 0 saturated heterocycles. The van der Waals surface area contributed by atoms with Crippen LogP contribution in [0.15, 0.2) is 12.3 Å². The highest BCUT2D eigenvalue weighted by atomic mass is 16.4. The Morgan fingerprint density at radius 1 is 1.28 bits per heavy atom. The Morgan fingerprint density at radius 3 is 2.50 bits per heavy atom. The molecular formula is C12H19N3O3. The number of aromatic nitrogens is 2. The molecule has 18 heavy (non-hydrogen) atoms. The molecule has 1 rings (SSSR count). The van der Waals surface area contributed by atoms with Crippen LogP contribution in [-0.4, -0.2) is 26.8 Å². The van der Waals surface area contributed by atoms with E-state index in [2.05, 4.69) is 10.4 Å². The number of carbonyl (C=O) groups is 2. The maximum Gasteiger partial charge on any atom is 0.303 e. The number of carboxylic acids is 1. The van der Waals surface area contributed by atoms with Crippen LogP contribution in [0.4, 0.5) is 5.82 Å². The minimum absolute atomic E-state index is 0.0491. The van der Waals surface area contributed by atoms with Gasteiger partial charge in [0.2, 0.25) is 5.91 Å². The molecule has 0 saturated carbocycles. The smallest absolute Gasteiger partial charge is 0.303 e. The zero-order valence-corrected chi connectivity index (χ0v) is 10.6. The monoisotopic (exact) mass is 253 g/mol. The lowest BCUT2D eigenvalue weighted by atomic mass is 10.1. The van der Waals surface area contributed by atoms with Crippen molar-refractivity contribution >= 4 is 17.7 Å². The van der Waals surface area contributed by atoms with Crippen molar-refractivity contribution in [2.24, 2.45) is 7.05 Å². The van der Waals surface area contributed by atoms with Gasteiger partial charge in [0.15, 0.2) is 5.82 Å². The average molecular weight is 253 g/mol. The van der Waals surface area contributed by atoms with Gasteiger partial charge in [0.25, 0.3) is 0 Å². The molecule has 0 aliphatic heterocycles. The van der Waals surface area contributed by atoms with E-state index in [1.54, 1.807) is 24.0 Å². The van der Waals surface area contributed by atoms with E-state index in [1.807, 2.05) is 0 Å². The van der Waals surface area contributed by atoms with Gasteiger partial charge in [0.1, 0.15) is 0 Å². The molecule has 1 amide bonds. The molecule has 1 heterocycles. The number of amides is 1. The number of anilines is 1. The minimum atomic E-state index is -0.761. The quantitative estimate of drug-likeness (QED) is 0.692. The average Bonchev–Trinajstić information content (AvgIpc) is 2.68. The summed E-state index contributed by atoms with van der Waals surface area (Å²) < 4.78 is 1.63. The van der Waals surface area contributed by atoms with Crippen LogP contribution in [-0.2, 0) is 16.6 Å². The Balaban J connectivity index is 2.05. The first-order valence-electron chi connectivity index (χ1n) is 6.09. The Bertz CT molecular complexity index is 401. The summed E-state index contributed by atoms with van der Waals surface area (Å²) in [5.41, 5.74) is 0. The van der Waals surface area contributed by atoms with Gasteiger partial charge in [-0.25, -0.2) is 0 Å². The summed E-state index contributed by atoms with van der Waals surface area (Å²) >= 11 is 0. The lowest BCUT2D eigenvalue weighted by Gasteiger charge is -2.02. The van der Waals surface area contributed by atoms with Crippen molar-refractivity contribution in [1.29, 1.82) is 0 Å². The number of carboxylic acid groups (broad SMARTS) is 1. The summed E-state index contributed by atoms with van der Waals surface area (Å²) in [5, 5.41) is 15.2. The summed E-state index contributed by atoms with van der Waals surface area (Å²) in [6, 6.07) is 1.74. The third-order valence-electron chi connectivity index (χ3n) is 2.53. The van der Waals surface area contributed by atoms with Gasteiger partial charge in [-0.2, -0.15) is 5.10 Å². The molecule has 0 aliphatic carbocycles. The number of unbranched alkanes of at least 4 members (excludes halogenated alkanes) is 3. The first-order chi connectivity index (χ1) is 8.58. The van der Waals surface area contributed by atoms with E-state index in [1.165, 1.54) is 0 Å². The van der Waals surface area contributed by atoms with E-state index in [0.29, 0.717) is 18.7 Å². The molecule has 0 bridgehead atoms. The second kappa shape index (κ2) is 7.47. The highest BCUT2D eigenvalue weighted by Gasteiger charge is 2.04. The minimum Gasteiger partial charge on any atom is -0.481 e. The molecule has 100 valence electrons. The van der Waals surface area contributed by atoms with Crippen LogP contribution >= 0.6 is 0 Å². The predicted octanol–water partition coefficient (Wildman–Crippen LogP) is 1.78. The van der Waals surface area contributed by atoms with Crippen molar-refractivity contribution in [1.82, 2.24) is 9.78 Å². The van der Waals surface area contributed by atoms with E-state index in [4.69, 9.17) is 5.11 Å². The number of nitrogens with zero attached hydrogens (tertiary/aromatic N) is 2. The van der Waals surface area contributed by atoms with Gasteiger partial charge >= 0.3 is 5.97 Å². The number of rotatable bonds is 8. The normalized spacial score (nSPS) is 10.3. The first kappa shape index (κ1) is 14.2. The van der Waals surface area contributed by atoms with Crippen LogP contribution in [0.1, 0.15) is 38.5 Å². The van der Waals surface area contributed by atoms with Gasteiger partial charge in [-0.3, -0.25) is 14.3 Å². The van der Waals surface area contributed by atoms with Gasteiger partial charge < -0.3 is 10.4 Å². The molecule has 1 aromatic rings. The summed E-state index contributed by atoms with van der Waals surface area (Å²) in [6.45, 7) is 0. The third kappa shape index (κ3) is 6.03. The Labute approximate surface area is 106 Å². The lowest BCUT2D eigenvalue weighted by molar-refractivity contribution is -0.137. The van der Waals surface area contributed by atoms with Crippen LogP contribution in [0.5, 0.6) is 0 Å². The molecule has 0 atom stereocenters. The fraction of sp³-hybridized carbons (Fsp3) is 0.583. The largest absolute Gasteiger partial charge is 0.481 e. The third-order valence-corrected chi connectivity index (χ3v) is 2.53. The first-order valence-corrected chi connectivity index (χ1v) is 6.09. The molecule has 6 heteroatoms. The maximum atomic E-state index is 11.5. The summed E-state index contributed by atoms with van der Waals surface area (Å²) in [5.74, 6) is -0.247. The molecule has 6 nitrogen and oxygen atoms in total.